The highest BCUT2D eigenvalue weighted by atomic mass is 16.5. The van der Waals surface area contributed by atoms with Crippen molar-refractivity contribution in [1.82, 2.24) is 5.32 Å². The van der Waals surface area contributed by atoms with E-state index in [0.717, 1.165) is 19.7 Å². The fourth-order valence-corrected chi connectivity index (χ4v) is 4.30. The lowest BCUT2D eigenvalue weighted by Crippen LogP contribution is -2.40. The summed E-state index contributed by atoms with van der Waals surface area (Å²) in [6.45, 7) is 3.08. The molecular formula is C18H21NO. The van der Waals surface area contributed by atoms with Gasteiger partial charge in [0.25, 0.3) is 0 Å². The van der Waals surface area contributed by atoms with Gasteiger partial charge in [-0.25, -0.2) is 0 Å². The number of fused-ring (bicyclic) bond motifs is 2. The summed E-state index contributed by atoms with van der Waals surface area (Å²) in [6.07, 6.45) is 2.49. The molecule has 2 heteroatoms. The van der Waals surface area contributed by atoms with E-state index in [-0.39, 0.29) is 0 Å². The van der Waals surface area contributed by atoms with Crippen molar-refractivity contribution in [3.05, 3.63) is 48.0 Å². The monoisotopic (exact) mass is 267 g/mol. The topological polar surface area (TPSA) is 21.3 Å². The molecule has 0 spiro atoms. The Kier molecular flexibility index (Phi) is 2.66. The van der Waals surface area contributed by atoms with Crippen molar-refractivity contribution in [2.45, 2.75) is 18.3 Å². The van der Waals surface area contributed by atoms with Gasteiger partial charge in [0.15, 0.2) is 0 Å². The number of hydrogen-bond acceptors (Lipinski definition) is 2. The van der Waals surface area contributed by atoms with Crippen LogP contribution < -0.4 is 5.32 Å². The van der Waals surface area contributed by atoms with Crippen LogP contribution in [0.2, 0.25) is 0 Å². The predicted octanol–water partition coefficient (Wildman–Crippen LogP) is 3.11. The molecule has 1 aliphatic carbocycles. The number of rotatable bonds is 3. The Morgan fingerprint density at radius 3 is 2.85 bits per heavy atom. The van der Waals surface area contributed by atoms with Crippen molar-refractivity contribution in [2.75, 3.05) is 26.8 Å². The van der Waals surface area contributed by atoms with E-state index in [1.165, 1.54) is 29.2 Å². The van der Waals surface area contributed by atoms with Crippen molar-refractivity contribution >= 4 is 10.8 Å². The van der Waals surface area contributed by atoms with Gasteiger partial charge in [-0.2, -0.15) is 0 Å². The highest BCUT2D eigenvalue weighted by Gasteiger charge is 2.68. The molecule has 20 heavy (non-hydrogen) atoms. The van der Waals surface area contributed by atoms with Gasteiger partial charge in [-0.15, -0.1) is 0 Å². The first-order chi connectivity index (χ1) is 9.80. The first kappa shape index (κ1) is 12.4. The van der Waals surface area contributed by atoms with Gasteiger partial charge in [-0.3, -0.25) is 0 Å². The van der Waals surface area contributed by atoms with Crippen LogP contribution in [0.15, 0.2) is 42.5 Å². The summed E-state index contributed by atoms with van der Waals surface area (Å²) in [7, 11) is 1.83. The second-order valence-electron chi connectivity index (χ2n) is 6.46. The van der Waals surface area contributed by atoms with E-state index in [0.29, 0.717) is 10.8 Å². The SMILES string of the molecule is COCC12CNCC[C@@]1(c1ccc3ccccc3c1)C2. The average Bonchev–Trinajstić information content (AvgIpc) is 3.17. The quantitative estimate of drug-likeness (QED) is 0.922. The minimum Gasteiger partial charge on any atom is -0.384 e. The van der Waals surface area contributed by atoms with Crippen LogP contribution in [-0.4, -0.2) is 26.8 Å². The summed E-state index contributed by atoms with van der Waals surface area (Å²) in [5.74, 6) is 0. The summed E-state index contributed by atoms with van der Waals surface area (Å²) in [4.78, 5) is 0. The van der Waals surface area contributed by atoms with Crippen LogP contribution in [0.4, 0.5) is 0 Å². The Balaban J connectivity index is 1.78. The highest BCUT2D eigenvalue weighted by Crippen LogP contribution is 2.67. The smallest absolute Gasteiger partial charge is 0.0539 e. The van der Waals surface area contributed by atoms with E-state index in [1.54, 1.807) is 0 Å². The summed E-state index contributed by atoms with van der Waals surface area (Å²) in [5.41, 5.74) is 2.18. The minimum atomic E-state index is 0.322. The maximum absolute atomic E-state index is 5.52. The molecule has 1 saturated carbocycles. The van der Waals surface area contributed by atoms with Crippen molar-refractivity contribution in [1.29, 1.82) is 0 Å². The molecule has 1 heterocycles. The van der Waals surface area contributed by atoms with Gasteiger partial charge in [-0.05, 0) is 35.7 Å². The van der Waals surface area contributed by atoms with Gasteiger partial charge in [0, 0.05) is 24.5 Å². The summed E-state index contributed by atoms with van der Waals surface area (Å²) < 4.78 is 5.52. The second-order valence-corrected chi connectivity index (χ2v) is 6.46. The summed E-state index contributed by atoms with van der Waals surface area (Å²) in [6, 6.07) is 15.7. The average molecular weight is 267 g/mol. The zero-order valence-electron chi connectivity index (χ0n) is 12.0. The zero-order valence-corrected chi connectivity index (χ0v) is 12.0. The van der Waals surface area contributed by atoms with Crippen LogP contribution in [0.5, 0.6) is 0 Å². The first-order valence-electron chi connectivity index (χ1n) is 7.49. The molecule has 0 bridgehead atoms. The molecule has 2 aromatic carbocycles. The number of ether oxygens (including phenoxy) is 1. The number of nitrogens with one attached hydrogen (secondary N) is 1. The van der Waals surface area contributed by atoms with Gasteiger partial charge in [0.05, 0.1) is 6.61 Å². The molecule has 2 fully saturated rings. The van der Waals surface area contributed by atoms with Gasteiger partial charge in [0.2, 0.25) is 0 Å². The third kappa shape index (κ3) is 1.58. The molecule has 0 radical (unpaired) electrons. The summed E-state index contributed by atoms with van der Waals surface area (Å²) in [5, 5.41) is 6.24. The molecule has 1 aliphatic heterocycles. The third-order valence-electron chi connectivity index (χ3n) is 5.44. The van der Waals surface area contributed by atoms with Gasteiger partial charge >= 0.3 is 0 Å². The lowest BCUT2D eigenvalue weighted by atomic mass is 9.80. The van der Waals surface area contributed by atoms with Gasteiger partial charge in [0.1, 0.15) is 0 Å². The predicted molar refractivity (Wildman–Crippen MR) is 82.0 cm³/mol. The molecule has 1 saturated heterocycles. The van der Waals surface area contributed by atoms with E-state index in [1.807, 2.05) is 7.11 Å². The molecule has 2 nitrogen and oxygen atoms in total. The number of benzene rings is 2. The molecule has 2 atom stereocenters. The van der Waals surface area contributed by atoms with E-state index in [4.69, 9.17) is 4.74 Å². The highest BCUT2D eigenvalue weighted by molar-refractivity contribution is 5.83. The largest absolute Gasteiger partial charge is 0.384 e. The van der Waals surface area contributed by atoms with E-state index < -0.39 is 0 Å². The molecule has 4 rings (SSSR count). The Hall–Kier alpha value is -1.38. The van der Waals surface area contributed by atoms with Gasteiger partial charge in [-0.1, -0.05) is 42.5 Å². The lowest BCUT2D eigenvalue weighted by Gasteiger charge is -2.31. The molecule has 0 amide bonds. The van der Waals surface area contributed by atoms with E-state index >= 15 is 0 Å². The normalized spacial score (nSPS) is 32.0. The Bertz CT molecular complexity index is 649. The maximum Gasteiger partial charge on any atom is 0.0539 e. The number of piperidine rings is 1. The van der Waals surface area contributed by atoms with Crippen LogP contribution in [0.3, 0.4) is 0 Å². The van der Waals surface area contributed by atoms with Crippen molar-refractivity contribution in [3.63, 3.8) is 0 Å². The van der Waals surface area contributed by atoms with Crippen molar-refractivity contribution in [2.24, 2.45) is 5.41 Å². The van der Waals surface area contributed by atoms with Crippen LogP contribution in [0.25, 0.3) is 10.8 Å². The Labute approximate surface area is 120 Å². The molecule has 1 N–H and O–H groups in total. The van der Waals surface area contributed by atoms with Crippen LogP contribution in [0.1, 0.15) is 18.4 Å². The number of methoxy groups -OCH3 is 1. The molecule has 2 aliphatic rings. The fourth-order valence-electron chi connectivity index (χ4n) is 4.30. The van der Waals surface area contributed by atoms with E-state index in [2.05, 4.69) is 47.8 Å². The zero-order chi connectivity index (χ0) is 13.6. The van der Waals surface area contributed by atoms with Gasteiger partial charge < -0.3 is 10.1 Å². The molecule has 2 aromatic rings. The van der Waals surface area contributed by atoms with E-state index in [9.17, 15) is 0 Å². The van der Waals surface area contributed by atoms with Crippen LogP contribution in [-0.2, 0) is 10.2 Å². The molecular weight excluding hydrogens is 246 g/mol. The first-order valence-corrected chi connectivity index (χ1v) is 7.49. The Morgan fingerprint density at radius 2 is 2.00 bits per heavy atom. The van der Waals surface area contributed by atoms with Crippen molar-refractivity contribution < 1.29 is 4.74 Å². The second kappa shape index (κ2) is 4.31. The van der Waals surface area contributed by atoms with Crippen LogP contribution >= 0.6 is 0 Å². The third-order valence-corrected chi connectivity index (χ3v) is 5.44. The minimum absolute atomic E-state index is 0.322. The molecule has 1 unspecified atom stereocenters. The molecule has 0 aromatic heterocycles. The fraction of sp³-hybridized carbons (Fsp3) is 0.444. The number of hydrogen-bond donors (Lipinski definition) is 1. The maximum atomic E-state index is 5.52. The van der Waals surface area contributed by atoms with Crippen molar-refractivity contribution in [3.8, 4) is 0 Å². The molecule has 104 valence electrons. The standard InChI is InChI=1S/C18H21NO/c1-20-13-17-11-18(17,8-9-19-12-17)16-7-6-14-4-2-3-5-15(14)10-16/h2-7,10,19H,8-9,11-13H2,1H3/t17?,18-/m0/s1. The Morgan fingerprint density at radius 1 is 1.15 bits per heavy atom. The lowest BCUT2D eigenvalue weighted by molar-refractivity contribution is 0.116. The van der Waals surface area contributed by atoms with Crippen LogP contribution in [0, 0.1) is 5.41 Å². The summed E-state index contributed by atoms with van der Waals surface area (Å²) >= 11 is 0.